The topological polar surface area (TPSA) is 54.0 Å². The monoisotopic (exact) mass is 327 g/mol. The summed E-state index contributed by atoms with van der Waals surface area (Å²) >= 11 is 1.63. The van der Waals surface area contributed by atoms with Crippen molar-refractivity contribution in [3.05, 3.63) is 51.5 Å². The Morgan fingerprint density at radius 3 is 2.91 bits per heavy atom. The Balaban J connectivity index is 1.45. The van der Waals surface area contributed by atoms with E-state index in [1.165, 1.54) is 11.1 Å². The van der Waals surface area contributed by atoms with Crippen LogP contribution in [-0.4, -0.2) is 24.0 Å². The zero-order chi connectivity index (χ0) is 15.6. The molecular formula is C18H21N3OS. The van der Waals surface area contributed by atoms with Crippen LogP contribution < -0.4 is 10.6 Å². The molecule has 2 heterocycles. The lowest BCUT2D eigenvalue weighted by Gasteiger charge is -2.20. The molecule has 1 atom stereocenters. The van der Waals surface area contributed by atoms with Gasteiger partial charge in [-0.2, -0.15) is 0 Å². The minimum absolute atomic E-state index is 0.0388. The van der Waals surface area contributed by atoms with Gasteiger partial charge in [-0.3, -0.25) is 4.79 Å². The van der Waals surface area contributed by atoms with E-state index >= 15 is 0 Å². The molecule has 1 aromatic carbocycles. The van der Waals surface area contributed by atoms with Gasteiger partial charge < -0.3 is 10.6 Å². The standard InChI is InChI=1S/C18H21N3OS/c22-17(20-15-6-5-12-3-1-2-4-14(12)15)16-11-23-18(21-16)13-7-9-19-10-8-13/h1-4,11,13,15,19H,5-10H2,(H,20,22). The SMILES string of the molecule is O=C(NC1CCc2ccccc21)c1csc(C2CCNCC2)n1. The smallest absolute Gasteiger partial charge is 0.271 e. The molecule has 120 valence electrons. The molecule has 0 saturated carbocycles. The van der Waals surface area contributed by atoms with Crippen LogP contribution in [0.3, 0.4) is 0 Å². The van der Waals surface area contributed by atoms with Crippen LogP contribution in [0, 0.1) is 0 Å². The number of hydrogen-bond acceptors (Lipinski definition) is 4. The molecule has 2 N–H and O–H groups in total. The number of hydrogen-bond donors (Lipinski definition) is 2. The number of amides is 1. The molecule has 0 spiro atoms. The van der Waals surface area contributed by atoms with Gasteiger partial charge in [0.05, 0.1) is 11.0 Å². The summed E-state index contributed by atoms with van der Waals surface area (Å²) in [5.41, 5.74) is 3.19. The van der Waals surface area contributed by atoms with Gasteiger partial charge in [0.1, 0.15) is 5.69 Å². The average Bonchev–Trinajstić information content (AvgIpc) is 3.24. The summed E-state index contributed by atoms with van der Waals surface area (Å²) in [6.07, 6.45) is 4.25. The molecule has 5 heteroatoms. The van der Waals surface area contributed by atoms with Gasteiger partial charge in [0.25, 0.3) is 5.91 Å². The number of nitrogens with zero attached hydrogens (tertiary/aromatic N) is 1. The maximum atomic E-state index is 12.5. The Labute approximate surface area is 140 Å². The first-order chi connectivity index (χ1) is 11.3. The summed E-state index contributed by atoms with van der Waals surface area (Å²) in [6.45, 7) is 2.09. The molecule has 4 rings (SSSR count). The molecule has 0 bridgehead atoms. The molecule has 1 amide bonds. The summed E-state index contributed by atoms with van der Waals surface area (Å²) in [6, 6.07) is 8.51. The normalized spacial score (nSPS) is 21.1. The van der Waals surface area contributed by atoms with Crippen LogP contribution in [0.4, 0.5) is 0 Å². The van der Waals surface area contributed by atoms with E-state index < -0.39 is 0 Å². The third-order valence-corrected chi connectivity index (χ3v) is 5.89. The summed E-state index contributed by atoms with van der Waals surface area (Å²) in [5, 5.41) is 9.55. The highest BCUT2D eigenvalue weighted by Gasteiger charge is 2.25. The zero-order valence-corrected chi connectivity index (χ0v) is 13.9. The first kappa shape index (κ1) is 14.8. The second-order valence-electron chi connectivity index (χ2n) is 6.36. The molecule has 1 fully saturated rings. The summed E-state index contributed by atoms with van der Waals surface area (Å²) in [7, 11) is 0. The Bertz CT molecular complexity index is 706. The second kappa shape index (κ2) is 6.42. The number of rotatable bonds is 3. The van der Waals surface area contributed by atoms with E-state index in [4.69, 9.17) is 0 Å². The van der Waals surface area contributed by atoms with Gasteiger partial charge >= 0.3 is 0 Å². The maximum absolute atomic E-state index is 12.5. The minimum Gasteiger partial charge on any atom is -0.344 e. The lowest BCUT2D eigenvalue weighted by molar-refractivity contribution is 0.0932. The number of aryl methyl sites for hydroxylation is 1. The number of benzene rings is 1. The summed E-state index contributed by atoms with van der Waals surface area (Å²) in [4.78, 5) is 17.1. The van der Waals surface area contributed by atoms with Crippen molar-refractivity contribution in [2.75, 3.05) is 13.1 Å². The van der Waals surface area contributed by atoms with Gasteiger partial charge in [-0.1, -0.05) is 24.3 Å². The molecule has 23 heavy (non-hydrogen) atoms. The fourth-order valence-electron chi connectivity index (χ4n) is 3.59. The highest BCUT2D eigenvalue weighted by molar-refractivity contribution is 7.09. The molecule has 1 saturated heterocycles. The van der Waals surface area contributed by atoms with Crippen LogP contribution in [0.1, 0.15) is 57.8 Å². The van der Waals surface area contributed by atoms with Crippen LogP contribution in [0.25, 0.3) is 0 Å². The molecule has 4 nitrogen and oxygen atoms in total. The molecule has 1 unspecified atom stereocenters. The number of nitrogens with one attached hydrogen (secondary N) is 2. The van der Waals surface area contributed by atoms with Crippen molar-refractivity contribution in [1.29, 1.82) is 0 Å². The van der Waals surface area contributed by atoms with Crippen LogP contribution in [0.5, 0.6) is 0 Å². The predicted molar refractivity (Wildman–Crippen MR) is 91.9 cm³/mol. The molecule has 1 aliphatic heterocycles. The van der Waals surface area contributed by atoms with E-state index in [1.807, 2.05) is 11.4 Å². The molecule has 1 aliphatic carbocycles. The quantitative estimate of drug-likeness (QED) is 0.911. The first-order valence-electron chi connectivity index (χ1n) is 8.36. The second-order valence-corrected chi connectivity index (χ2v) is 7.25. The lowest BCUT2D eigenvalue weighted by Crippen LogP contribution is -2.28. The molecular weight excluding hydrogens is 306 g/mol. The Kier molecular flexibility index (Phi) is 4.14. The Morgan fingerprint density at radius 2 is 2.04 bits per heavy atom. The Morgan fingerprint density at radius 1 is 1.22 bits per heavy atom. The van der Waals surface area contributed by atoms with E-state index in [2.05, 4.69) is 33.8 Å². The van der Waals surface area contributed by atoms with E-state index in [-0.39, 0.29) is 11.9 Å². The average molecular weight is 327 g/mol. The minimum atomic E-state index is -0.0388. The number of fused-ring (bicyclic) bond motifs is 1. The molecule has 0 radical (unpaired) electrons. The summed E-state index contributed by atoms with van der Waals surface area (Å²) < 4.78 is 0. The highest BCUT2D eigenvalue weighted by atomic mass is 32.1. The van der Waals surface area contributed by atoms with E-state index in [9.17, 15) is 4.79 Å². The van der Waals surface area contributed by atoms with E-state index in [0.29, 0.717) is 11.6 Å². The van der Waals surface area contributed by atoms with Gasteiger partial charge in [-0.05, 0) is 49.9 Å². The van der Waals surface area contributed by atoms with Crippen molar-refractivity contribution in [3.8, 4) is 0 Å². The van der Waals surface area contributed by atoms with Crippen LogP contribution in [0.15, 0.2) is 29.6 Å². The van der Waals surface area contributed by atoms with Crippen LogP contribution in [-0.2, 0) is 6.42 Å². The van der Waals surface area contributed by atoms with E-state index in [0.717, 1.165) is 43.8 Å². The van der Waals surface area contributed by atoms with Crippen molar-refractivity contribution < 1.29 is 4.79 Å². The summed E-state index contributed by atoms with van der Waals surface area (Å²) in [5.74, 6) is 0.471. The first-order valence-corrected chi connectivity index (χ1v) is 9.24. The third kappa shape index (κ3) is 3.03. The van der Waals surface area contributed by atoms with Gasteiger partial charge in [-0.25, -0.2) is 4.98 Å². The maximum Gasteiger partial charge on any atom is 0.271 e. The third-order valence-electron chi connectivity index (χ3n) is 4.88. The fraction of sp³-hybridized carbons (Fsp3) is 0.444. The lowest BCUT2D eigenvalue weighted by atomic mass is 9.99. The van der Waals surface area contributed by atoms with Crippen molar-refractivity contribution in [3.63, 3.8) is 0 Å². The van der Waals surface area contributed by atoms with Gasteiger partial charge in [0.15, 0.2) is 0 Å². The van der Waals surface area contributed by atoms with E-state index in [1.54, 1.807) is 11.3 Å². The molecule has 2 aromatic rings. The molecule has 1 aromatic heterocycles. The van der Waals surface area contributed by atoms with Gasteiger partial charge in [0, 0.05) is 11.3 Å². The number of carbonyl (C=O) groups is 1. The number of piperidine rings is 1. The highest BCUT2D eigenvalue weighted by Crippen LogP contribution is 2.31. The number of carbonyl (C=O) groups excluding carboxylic acids is 1. The predicted octanol–water partition coefficient (Wildman–Crippen LogP) is 3.03. The van der Waals surface area contributed by atoms with Crippen LogP contribution >= 0.6 is 11.3 Å². The largest absolute Gasteiger partial charge is 0.344 e. The fourth-order valence-corrected chi connectivity index (χ4v) is 4.56. The van der Waals surface area contributed by atoms with Crippen molar-refractivity contribution in [2.24, 2.45) is 0 Å². The van der Waals surface area contributed by atoms with Gasteiger partial charge in [0.2, 0.25) is 0 Å². The van der Waals surface area contributed by atoms with Crippen molar-refractivity contribution in [1.82, 2.24) is 15.6 Å². The van der Waals surface area contributed by atoms with Crippen LogP contribution in [0.2, 0.25) is 0 Å². The van der Waals surface area contributed by atoms with Gasteiger partial charge in [-0.15, -0.1) is 11.3 Å². The zero-order valence-electron chi connectivity index (χ0n) is 13.0. The number of thiazole rings is 1. The van der Waals surface area contributed by atoms with Crippen molar-refractivity contribution >= 4 is 17.2 Å². The number of aromatic nitrogens is 1. The van der Waals surface area contributed by atoms with Crippen molar-refractivity contribution in [2.45, 2.75) is 37.6 Å². The molecule has 2 aliphatic rings. The Hall–Kier alpha value is -1.72.